The number of hydrogen-bond donors (Lipinski definition) is 2. The molecule has 1 aliphatic rings. The van der Waals surface area contributed by atoms with E-state index in [1.807, 2.05) is 30.3 Å². The molecule has 0 bridgehead atoms. The third-order valence-electron chi connectivity index (χ3n) is 3.99. The normalized spacial score (nSPS) is 18.6. The van der Waals surface area contributed by atoms with E-state index >= 15 is 0 Å². The van der Waals surface area contributed by atoms with Crippen molar-refractivity contribution in [3.63, 3.8) is 0 Å². The van der Waals surface area contributed by atoms with E-state index in [-0.39, 0.29) is 5.91 Å². The summed E-state index contributed by atoms with van der Waals surface area (Å²) in [6.45, 7) is 1.81. The van der Waals surface area contributed by atoms with Crippen molar-refractivity contribution in [2.24, 2.45) is 0 Å². The van der Waals surface area contributed by atoms with Crippen molar-refractivity contribution in [1.29, 1.82) is 0 Å². The number of hydrogen-bond acceptors (Lipinski definition) is 1. The Hall–Kier alpha value is -0.740. The van der Waals surface area contributed by atoms with Gasteiger partial charge in [0.2, 0.25) is 12.1 Å². The van der Waals surface area contributed by atoms with Crippen molar-refractivity contribution < 1.29 is 9.69 Å². The molecular weight excluding hydrogens is 355 g/mol. The number of benzene rings is 1. The van der Waals surface area contributed by atoms with Gasteiger partial charge in [-0.3, -0.25) is 10.1 Å². The molecule has 6 heteroatoms. The average molecular weight is 377 g/mol. The van der Waals surface area contributed by atoms with Crippen LogP contribution in [0.2, 0.25) is 0 Å². The van der Waals surface area contributed by atoms with Crippen LogP contribution in [-0.4, -0.2) is 29.0 Å². The second kappa shape index (κ2) is 8.93. The molecule has 1 heterocycles. The highest BCUT2D eigenvalue weighted by Gasteiger charge is 2.41. The Bertz CT molecular complexity index is 520. The topological polar surface area (TPSA) is 33.5 Å². The lowest BCUT2D eigenvalue weighted by Crippen LogP contribution is -3.19. The standard InChI is InChI=1S/C17H21Cl3N2O/c18-17(19,20)16(22-12-6-1-2-7-13-22)21-15(23)11-10-14-8-4-3-5-9-14/h3-5,8-11,16H,1-2,6-7,12-13H2,(H,21,23)/p+1. The van der Waals surface area contributed by atoms with Crippen molar-refractivity contribution in [3.05, 3.63) is 42.0 Å². The molecule has 2 rings (SSSR count). The van der Waals surface area contributed by atoms with E-state index in [4.69, 9.17) is 34.8 Å². The molecule has 0 radical (unpaired) electrons. The van der Waals surface area contributed by atoms with E-state index in [2.05, 4.69) is 5.32 Å². The monoisotopic (exact) mass is 375 g/mol. The number of rotatable bonds is 4. The molecule has 0 saturated carbocycles. The molecule has 1 aliphatic heterocycles. The van der Waals surface area contributed by atoms with E-state index in [0.717, 1.165) is 36.4 Å². The molecule has 2 N–H and O–H groups in total. The van der Waals surface area contributed by atoms with Crippen LogP contribution in [0.25, 0.3) is 6.08 Å². The van der Waals surface area contributed by atoms with Gasteiger partial charge in [0, 0.05) is 6.08 Å². The largest absolute Gasteiger partial charge is 0.312 e. The molecule has 1 atom stereocenters. The molecule has 0 spiro atoms. The van der Waals surface area contributed by atoms with Crippen LogP contribution in [0.3, 0.4) is 0 Å². The van der Waals surface area contributed by atoms with Crippen LogP contribution < -0.4 is 10.2 Å². The molecule has 1 fully saturated rings. The molecule has 0 aromatic heterocycles. The third kappa shape index (κ3) is 6.34. The predicted molar refractivity (Wildman–Crippen MR) is 96.9 cm³/mol. The van der Waals surface area contributed by atoms with Crippen LogP contribution in [0.4, 0.5) is 0 Å². The van der Waals surface area contributed by atoms with Gasteiger partial charge in [-0.25, -0.2) is 0 Å². The molecule has 0 aliphatic carbocycles. The molecule has 1 amide bonds. The van der Waals surface area contributed by atoms with Crippen molar-refractivity contribution >= 4 is 46.8 Å². The Morgan fingerprint density at radius 1 is 1.09 bits per heavy atom. The number of carbonyl (C=O) groups excluding carboxylic acids is 1. The van der Waals surface area contributed by atoms with Crippen LogP contribution in [0.5, 0.6) is 0 Å². The lowest BCUT2D eigenvalue weighted by atomic mass is 10.2. The maximum Gasteiger partial charge on any atom is 0.262 e. The second-order valence-corrected chi connectivity index (χ2v) is 8.17. The van der Waals surface area contributed by atoms with Crippen molar-refractivity contribution in [2.45, 2.75) is 35.6 Å². The van der Waals surface area contributed by atoms with Gasteiger partial charge in [0.1, 0.15) is 0 Å². The Morgan fingerprint density at radius 2 is 1.70 bits per heavy atom. The maximum atomic E-state index is 12.2. The zero-order chi connectivity index (χ0) is 16.7. The van der Waals surface area contributed by atoms with Crippen LogP contribution in [-0.2, 0) is 4.79 Å². The van der Waals surface area contributed by atoms with Gasteiger partial charge in [-0.1, -0.05) is 65.1 Å². The fourth-order valence-electron chi connectivity index (χ4n) is 2.81. The summed E-state index contributed by atoms with van der Waals surface area (Å²) >= 11 is 18.4. The highest BCUT2D eigenvalue weighted by molar-refractivity contribution is 6.68. The van der Waals surface area contributed by atoms with Gasteiger partial charge in [0.15, 0.2) is 0 Å². The summed E-state index contributed by atoms with van der Waals surface area (Å²) in [5.74, 6) is -0.248. The van der Waals surface area contributed by atoms with E-state index in [1.165, 1.54) is 18.9 Å². The lowest BCUT2D eigenvalue weighted by Gasteiger charge is -2.32. The fourth-order valence-corrected chi connectivity index (χ4v) is 3.44. The minimum absolute atomic E-state index is 0.248. The SMILES string of the molecule is O=C(C=Cc1ccccc1)NC([NH+]1CCCCCC1)C(Cl)(Cl)Cl. The summed E-state index contributed by atoms with van der Waals surface area (Å²) < 4.78 is -1.53. The van der Waals surface area contributed by atoms with Crippen LogP contribution >= 0.6 is 34.8 Å². The molecule has 1 aromatic carbocycles. The summed E-state index contributed by atoms with van der Waals surface area (Å²) in [6.07, 6.45) is 7.25. The number of amides is 1. The summed E-state index contributed by atoms with van der Waals surface area (Å²) in [5.41, 5.74) is 0.954. The van der Waals surface area contributed by atoms with Gasteiger partial charge in [0.25, 0.3) is 3.79 Å². The van der Waals surface area contributed by atoms with E-state index < -0.39 is 9.96 Å². The minimum Gasteiger partial charge on any atom is -0.312 e. The lowest BCUT2D eigenvalue weighted by molar-refractivity contribution is -0.926. The first-order valence-electron chi connectivity index (χ1n) is 7.92. The molecule has 1 aromatic rings. The number of likely N-dealkylation sites (tertiary alicyclic amines) is 1. The van der Waals surface area contributed by atoms with Crippen LogP contribution in [0, 0.1) is 0 Å². The zero-order valence-corrected chi connectivity index (χ0v) is 15.2. The molecule has 1 saturated heterocycles. The van der Waals surface area contributed by atoms with Gasteiger partial charge in [-0.05, 0) is 37.3 Å². The molecule has 126 valence electrons. The molecular formula is C17H22Cl3N2O+. The Labute approximate surface area is 152 Å². The van der Waals surface area contributed by atoms with Gasteiger partial charge in [-0.15, -0.1) is 0 Å². The van der Waals surface area contributed by atoms with Gasteiger partial charge >= 0.3 is 0 Å². The number of quaternary nitrogens is 1. The Balaban J connectivity index is 2.02. The fraction of sp³-hybridized carbons (Fsp3) is 0.471. The predicted octanol–water partition coefficient (Wildman–Crippen LogP) is 2.97. The second-order valence-electron chi connectivity index (χ2n) is 5.80. The van der Waals surface area contributed by atoms with Crippen LogP contribution in [0.15, 0.2) is 36.4 Å². The Kier molecular flexibility index (Phi) is 7.22. The van der Waals surface area contributed by atoms with Gasteiger partial charge in [-0.2, -0.15) is 0 Å². The number of nitrogens with one attached hydrogen (secondary N) is 2. The van der Waals surface area contributed by atoms with E-state index in [1.54, 1.807) is 6.08 Å². The maximum absolute atomic E-state index is 12.2. The number of carbonyl (C=O) groups is 1. The van der Waals surface area contributed by atoms with Crippen molar-refractivity contribution in [2.75, 3.05) is 13.1 Å². The Morgan fingerprint density at radius 3 is 2.26 bits per heavy atom. The summed E-state index contributed by atoms with van der Waals surface area (Å²) in [7, 11) is 0. The summed E-state index contributed by atoms with van der Waals surface area (Å²) in [6, 6.07) is 9.62. The number of alkyl halides is 3. The van der Waals surface area contributed by atoms with Crippen molar-refractivity contribution in [1.82, 2.24) is 5.32 Å². The van der Waals surface area contributed by atoms with Gasteiger partial charge in [0.05, 0.1) is 13.1 Å². The van der Waals surface area contributed by atoms with Gasteiger partial charge < -0.3 is 4.90 Å². The molecule has 1 unspecified atom stereocenters. The molecule has 23 heavy (non-hydrogen) atoms. The summed E-state index contributed by atoms with van der Waals surface area (Å²) in [4.78, 5) is 13.3. The highest BCUT2D eigenvalue weighted by atomic mass is 35.6. The molecule has 3 nitrogen and oxygen atoms in total. The number of halogens is 3. The highest BCUT2D eigenvalue weighted by Crippen LogP contribution is 2.28. The first-order chi connectivity index (χ1) is 11.0. The first-order valence-corrected chi connectivity index (χ1v) is 9.05. The third-order valence-corrected chi connectivity index (χ3v) is 4.65. The zero-order valence-electron chi connectivity index (χ0n) is 12.9. The first kappa shape index (κ1) is 18.6. The van der Waals surface area contributed by atoms with Crippen LogP contribution in [0.1, 0.15) is 31.2 Å². The average Bonchev–Trinajstić information content (AvgIpc) is 2.79. The summed E-state index contributed by atoms with van der Waals surface area (Å²) in [5, 5.41) is 2.87. The van der Waals surface area contributed by atoms with Crippen molar-refractivity contribution in [3.8, 4) is 0 Å². The van der Waals surface area contributed by atoms with E-state index in [0.29, 0.717) is 0 Å². The minimum atomic E-state index is -1.53. The smallest absolute Gasteiger partial charge is 0.262 e. The quantitative estimate of drug-likeness (QED) is 0.615. The van der Waals surface area contributed by atoms with E-state index in [9.17, 15) is 4.79 Å².